The van der Waals surface area contributed by atoms with Crippen molar-refractivity contribution < 1.29 is 18.3 Å². The number of hydrogen-bond donors (Lipinski definition) is 2. The molecular weight excluding hydrogens is 242 g/mol. The summed E-state index contributed by atoms with van der Waals surface area (Å²) < 4.78 is 28.2. The van der Waals surface area contributed by atoms with E-state index in [4.69, 9.17) is 6.42 Å². The number of benzene rings is 1. The van der Waals surface area contributed by atoms with Crippen LogP contribution in [0.3, 0.4) is 0 Å². The fourth-order valence-corrected chi connectivity index (χ4v) is 1.20. The summed E-state index contributed by atoms with van der Waals surface area (Å²) in [5, 5.41) is 5.22. The fraction of sp³-hybridized carbons (Fsp3) is 0.250. The van der Waals surface area contributed by atoms with Crippen molar-refractivity contribution in [1.29, 1.82) is 0 Å². The molecule has 96 valence electrons. The predicted molar refractivity (Wildman–Crippen MR) is 63.4 cm³/mol. The summed E-state index contributed by atoms with van der Waals surface area (Å²) in [5.74, 6) is 1.99. The van der Waals surface area contributed by atoms with E-state index >= 15 is 0 Å². The Bertz CT molecular complexity index is 444. The van der Waals surface area contributed by atoms with Crippen LogP contribution >= 0.6 is 0 Å². The maximum Gasteiger partial charge on any atom is 0.387 e. The zero-order chi connectivity index (χ0) is 13.4. The maximum atomic E-state index is 12.0. The Morgan fingerprint density at radius 2 is 2.28 bits per heavy atom. The lowest BCUT2D eigenvalue weighted by atomic mass is 10.3. The monoisotopic (exact) mass is 254 g/mol. The third-order valence-corrected chi connectivity index (χ3v) is 1.86. The molecule has 0 aliphatic rings. The summed E-state index contributed by atoms with van der Waals surface area (Å²) in [6.45, 7) is -2.57. The zero-order valence-electron chi connectivity index (χ0n) is 9.45. The minimum atomic E-state index is -2.90. The molecule has 0 atom stereocenters. The number of terminal acetylenes is 1. The second-order valence-electron chi connectivity index (χ2n) is 3.26. The Kier molecular flexibility index (Phi) is 5.61. The number of ether oxygens (including phenoxy) is 1. The van der Waals surface area contributed by atoms with Crippen molar-refractivity contribution in [2.24, 2.45) is 0 Å². The van der Waals surface area contributed by atoms with Gasteiger partial charge in [0, 0.05) is 11.8 Å². The van der Waals surface area contributed by atoms with E-state index in [9.17, 15) is 13.6 Å². The number of rotatable bonds is 6. The topological polar surface area (TPSA) is 50.4 Å². The van der Waals surface area contributed by atoms with Crippen molar-refractivity contribution in [2.45, 2.75) is 6.61 Å². The lowest BCUT2D eigenvalue weighted by Crippen LogP contribution is -2.28. The summed E-state index contributed by atoms with van der Waals surface area (Å²) in [4.78, 5) is 11.4. The Labute approximate surface area is 103 Å². The molecule has 0 aliphatic heterocycles. The largest absolute Gasteiger partial charge is 0.435 e. The number of anilines is 1. The van der Waals surface area contributed by atoms with Gasteiger partial charge in [-0.25, -0.2) is 0 Å². The molecule has 0 saturated carbocycles. The van der Waals surface area contributed by atoms with Gasteiger partial charge in [0.1, 0.15) is 5.75 Å². The predicted octanol–water partition coefficient (Wildman–Crippen LogP) is 1.45. The van der Waals surface area contributed by atoms with Gasteiger partial charge in [-0.3, -0.25) is 10.1 Å². The van der Waals surface area contributed by atoms with E-state index in [2.05, 4.69) is 21.3 Å². The van der Waals surface area contributed by atoms with Gasteiger partial charge in [-0.2, -0.15) is 8.78 Å². The molecule has 6 heteroatoms. The highest BCUT2D eigenvalue weighted by molar-refractivity contribution is 5.92. The van der Waals surface area contributed by atoms with Gasteiger partial charge in [0.2, 0.25) is 5.91 Å². The van der Waals surface area contributed by atoms with Gasteiger partial charge >= 0.3 is 6.61 Å². The minimum Gasteiger partial charge on any atom is -0.435 e. The summed E-state index contributed by atoms with van der Waals surface area (Å²) in [6, 6.07) is 5.75. The number of halogens is 2. The third-order valence-electron chi connectivity index (χ3n) is 1.86. The fourth-order valence-electron chi connectivity index (χ4n) is 1.20. The first-order chi connectivity index (χ1) is 8.61. The molecule has 1 aromatic rings. The van der Waals surface area contributed by atoms with E-state index in [1.54, 1.807) is 6.07 Å². The first-order valence-corrected chi connectivity index (χ1v) is 5.10. The quantitative estimate of drug-likeness (QED) is 0.596. The highest BCUT2D eigenvalue weighted by atomic mass is 19.3. The number of nitrogens with one attached hydrogen (secondary N) is 2. The molecule has 1 rings (SSSR count). The number of carbonyl (C=O) groups excluding carboxylic acids is 1. The molecule has 0 aliphatic carbocycles. The maximum absolute atomic E-state index is 12.0. The van der Waals surface area contributed by atoms with Gasteiger partial charge in [0.25, 0.3) is 0 Å². The van der Waals surface area contributed by atoms with Crippen LogP contribution in [0.4, 0.5) is 14.5 Å². The second kappa shape index (κ2) is 7.25. The van der Waals surface area contributed by atoms with Gasteiger partial charge < -0.3 is 10.1 Å². The number of alkyl halides is 2. The van der Waals surface area contributed by atoms with E-state index in [0.717, 1.165) is 0 Å². The van der Waals surface area contributed by atoms with E-state index in [1.807, 2.05) is 0 Å². The van der Waals surface area contributed by atoms with E-state index < -0.39 is 6.61 Å². The van der Waals surface area contributed by atoms with Crippen LogP contribution in [-0.4, -0.2) is 25.6 Å². The highest BCUT2D eigenvalue weighted by Crippen LogP contribution is 2.18. The van der Waals surface area contributed by atoms with Crippen LogP contribution in [0.5, 0.6) is 5.75 Å². The van der Waals surface area contributed by atoms with Crippen LogP contribution in [-0.2, 0) is 4.79 Å². The van der Waals surface area contributed by atoms with Crippen LogP contribution < -0.4 is 15.4 Å². The smallest absolute Gasteiger partial charge is 0.387 e. The Morgan fingerprint density at radius 3 is 2.94 bits per heavy atom. The Hall–Kier alpha value is -2.13. The minimum absolute atomic E-state index is 0.0145. The van der Waals surface area contributed by atoms with Crippen LogP contribution in [0.1, 0.15) is 0 Å². The van der Waals surface area contributed by atoms with E-state index in [-0.39, 0.29) is 24.7 Å². The van der Waals surface area contributed by atoms with Crippen molar-refractivity contribution in [3.63, 3.8) is 0 Å². The van der Waals surface area contributed by atoms with E-state index in [0.29, 0.717) is 5.69 Å². The van der Waals surface area contributed by atoms with Crippen LogP contribution in [0.25, 0.3) is 0 Å². The van der Waals surface area contributed by atoms with Crippen molar-refractivity contribution in [2.75, 3.05) is 18.4 Å². The summed E-state index contributed by atoms with van der Waals surface area (Å²) >= 11 is 0. The second-order valence-corrected chi connectivity index (χ2v) is 3.26. The Morgan fingerprint density at radius 1 is 1.50 bits per heavy atom. The van der Waals surface area contributed by atoms with Crippen molar-refractivity contribution in [3.05, 3.63) is 24.3 Å². The van der Waals surface area contributed by atoms with E-state index in [1.165, 1.54) is 18.2 Å². The van der Waals surface area contributed by atoms with Gasteiger partial charge in [-0.1, -0.05) is 12.0 Å². The van der Waals surface area contributed by atoms with Gasteiger partial charge in [-0.15, -0.1) is 6.42 Å². The molecular formula is C12H12F2N2O2. The van der Waals surface area contributed by atoms with Crippen LogP contribution in [0.15, 0.2) is 24.3 Å². The number of carbonyl (C=O) groups is 1. The highest BCUT2D eigenvalue weighted by Gasteiger charge is 2.06. The molecule has 2 N–H and O–H groups in total. The molecule has 0 unspecified atom stereocenters. The average molecular weight is 254 g/mol. The standard InChI is InChI=1S/C12H12F2N2O2/c1-2-6-15-8-11(17)16-9-4-3-5-10(7-9)18-12(13)14/h1,3-5,7,12,15H,6,8H2,(H,16,17). The lowest BCUT2D eigenvalue weighted by Gasteiger charge is -2.08. The molecule has 0 fully saturated rings. The first-order valence-electron chi connectivity index (χ1n) is 5.10. The summed E-state index contributed by atoms with van der Waals surface area (Å²) in [7, 11) is 0. The Balaban J connectivity index is 2.51. The molecule has 0 radical (unpaired) electrons. The normalized spacial score (nSPS) is 9.89. The zero-order valence-corrected chi connectivity index (χ0v) is 9.45. The molecule has 0 saturated heterocycles. The molecule has 4 nitrogen and oxygen atoms in total. The molecule has 18 heavy (non-hydrogen) atoms. The average Bonchev–Trinajstić information content (AvgIpc) is 2.28. The van der Waals surface area contributed by atoms with Gasteiger partial charge in [-0.05, 0) is 12.1 Å². The van der Waals surface area contributed by atoms with Crippen molar-refractivity contribution in [1.82, 2.24) is 5.32 Å². The summed E-state index contributed by atoms with van der Waals surface area (Å²) in [6.07, 6.45) is 5.00. The third kappa shape index (κ3) is 5.27. The molecule has 0 aromatic heterocycles. The van der Waals surface area contributed by atoms with Crippen LogP contribution in [0, 0.1) is 12.3 Å². The van der Waals surface area contributed by atoms with Gasteiger partial charge in [0.05, 0.1) is 13.1 Å². The van der Waals surface area contributed by atoms with Gasteiger partial charge in [0.15, 0.2) is 0 Å². The summed E-state index contributed by atoms with van der Waals surface area (Å²) in [5.41, 5.74) is 0.376. The number of amides is 1. The van der Waals surface area contributed by atoms with Crippen molar-refractivity contribution in [3.8, 4) is 18.1 Å². The molecule has 0 heterocycles. The first kappa shape index (κ1) is 13.9. The van der Waals surface area contributed by atoms with Crippen LogP contribution in [0.2, 0.25) is 0 Å². The molecule has 0 spiro atoms. The lowest BCUT2D eigenvalue weighted by molar-refractivity contribution is -0.115. The number of hydrogen-bond acceptors (Lipinski definition) is 3. The molecule has 1 amide bonds. The molecule has 0 bridgehead atoms. The molecule has 1 aromatic carbocycles. The SMILES string of the molecule is C#CCNCC(=O)Nc1cccc(OC(F)F)c1. The van der Waals surface area contributed by atoms with Crippen molar-refractivity contribution >= 4 is 11.6 Å².